The zero-order valence-electron chi connectivity index (χ0n) is 11.6. The number of carbonyl (C=O) groups is 1. The van der Waals surface area contributed by atoms with Gasteiger partial charge < -0.3 is 10.6 Å². The highest BCUT2D eigenvalue weighted by Crippen LogP contribution is 2.23. The molecule has 0 aliphatic heterocycles. The van der Waals surface area contributed by atoms with Crippen LogP contribution in [0.15, 0.2) is 18.2 Å². The number of hydrogen-bond donors (Lipinski definition) is 2. The predicted octanol–water partition coefficient (Wildman–Crippen LogP) is 3.36. The van der Waals surface area contributed by atoms with Crippen molar-refractivity contribution < 1.29 is 4.79 Å². The fourth-order valence-corrected chi connectivity index (χ4v) is 1.70. The lowest BCUT2D eigenvalue weighted by Crippen LogP contribution is -2.47. The average molecular weight is 269 g/mol. The van der Waals surface area contributed by atoms with Gasteiger partial charge in [0, 0.05) is 5.54 Å². The highest BCUT2D eigenvalue weighted by atomic mass is 35.5. The van der Waals surface area contributed by atoms with E-state index in [1.54, 1.807) is 0 Å². The zero-order valence-corrected chi connectivity index (χ0v) is 12.4. The summed E-state index contributed by atoms with van der Waals surface area (Å²) in [5, 5.41) is 6.68. The zero-order chi connectivity index (χ0) is 13.9. The molecule has 0 aromatic heterocycles. The fourth-order valence-electron chi connectivity index (χ4n) is 1.53. The second kappa shape index (κ2) is 5.61. The first-order chi connectivity index (χ1) is 8.19. The third-order valence-corrected chi connectivity index (χ3v) is 2.71. The van der Waals surface area contributed by atoms with Crippen LogP contribution in [0.4, 0.5) is 5.69 Å². The minimum Gasteiger partial charge on any atom is -0.373 e. The third kappa shape index (κ3) is 4.57. The van der Waals surface area contributed by atoms with Crippen molar-refractivity contribution in [3.8, 4) is 0 Å². The Morgan fingerprint density at radius 1 is 1.33 bits per heavy atom. The normalized spacial score (nSPS) is 13.0. The number of benzene rings is 1. The topological polar surface area (TPSA) is 41.1 Å². The van der Waals surface area contributed by atoms with Gasteiger partial charge in [-0.1, -0.05) is 17.7 Å². The van der Waals surface area contributed by atoms with Crippen molar-refractivity contribution in [2.24, 2.45) is 0 Å². The molecule has 2 N–H and O–H groups in total. The van der Waals surface area contributed by atoms with Crippen molar-refractivity contribution in [3.05, 3.63) is 28.8 Å². The molecule has 0 bridgehead atoms. The number of aryl methyl sites for hydroxylation is 1. The first-order valence-corrected chi connectivity index (χ1v) is 6.41. The maximum absolute atomic E-state index is 11.9. The maximum atomic E-state index is 11.9. The van der Waals surface area contributed by atoms with Crippen LogP contribution in [-0.4, -0.2) is 17.5 Å². The molecule has 1 aromatic rings. The van der Waals surface area contributed by atoms with Gasteiger partial charge in [0.1, 0.15) is 6.04 Å². The van der Waals surface area contributed by atoms with Crippen LogP contribution >= 0.6 is 11.6 Å². The summed E-state index contributed by atoms with van der Waals surface area (Å²) in [6, 6.07) is 5.37. The Hall–Kier alpha value is -1.22. The van der Waals surface area contributed by atoms with Gasteiger partial charge in [0.05, 0.1) is 10.7 Å². The molecule has 1 rings (SSSR count). The summed E-state index contributed by atoms with van der Waals surface area (Å²) in [6.07, 6.45) is 0. The molecule has 0 aliphatic rings. The molecule has 0 spiro atoms. The van der Waals surface area contributed by atoms with Crippen LogP contribution in [0.1, 0.15) is 33.3 Å². The Morgan fingerprint density at radius 2 is 1.94 bits per heavy atom. The molecule has 4 heteroatoms. The third-order valence-electron chi connectivity index (χ3n) is 2.39. The quantitative estimate of drug-likeness (QED) is 0.883. The van der Waals surface area contributed by atoms with Gasteiger partial charge in [0.25, 0.3) is 0 Å². The van der Waals surface area contributed by atoms with Gasteiger partial charge in [-0.2, -0.15) is 0 Å². The lowest BCUT2D eigenvalue weighted by Gasteiger charge is -2.24. The summed E-state index contributed by atoms with van der Waals surface area (Å²) in [4.78, 5) is 11.9. The van der Waals surface area contributed by atoms with E-state index in [-0.39, 0.29) is 17.5 Å². The van der Waals surface area contributed by atoms with E-state index in [9.17, 15) is 4.79 Å². The summed E-state index contributed by atoms with van der Waals surface area (Å²) in [6.45, 7) is 9.67. The average Bonchev–Trinajstić information content (AvgIpc) is 2.21. The summed E-state index contributed by atoms with van der Waals surface area (Å²) in [5.74, 6) is -0.0416. The number of carbonyl (C=O) groups excluding carboxylic acids is 1. The molecular formula is C14H21ClN2O. The molecule has 0 aliphatic carbocycles. The van der Waals surface area contributed by atoms with Gasteiger partial charge in [0.2, 0.25) is 5.91 Å². The van der Waals surface area contributed by atoms with E-state index in [0.717, 1.165) is 11.3 Å². The maximum Gasteiger partial charge on any atom is 0.242 e. The number of halogens is 1. The molecular weight excluding hydrogens is 248 g/mol. The SMILES string of the molecule is Cc1ccc(Cl)c(NC(C)C(=O)NC(C)(C)C)c1. The van der Waals surface area contributed by atoms with Crippen molar-refractivity contribution in [3.63, 3.8) is 0 Å². The number of nitrogens with one attached hydrogen (secondary N) is 2. The Kier molecular flexibility index (Phi) is 4.63. The molecule has 0 saturated carbocycles. The van der Waals surface area contributed by atoms with Gasteiger partial charge in [-0.05, 0) is 52.3 Å². The Labute approximate surface area is 114 Å². The van der Waals surface area contributed by atoms with Crippen LogP contribution < -0.4 is 10.6 Å². The van der Waals surface area contributed by atoms with Gasteiger partial charge in [0.15, 0.2) is 0 Å². The van der Waals surface area contributed by atoms with E-state index in [1.807, 2.05) is 52.8 Å². The molecule has 100 valence electrons. The van der Waals surface area contributed by atoms with Gasteiger partial charge in [-0.15, -0.1) is 0 Å². The van der Waals surface area contributed by atoms with Crippen LogP contribution in [0.3, 0.4) is 0 Å². The van der Waals surface area contributed by atoms with E-state index in [0.29, 0.717) is 5.02 Å². The molecule has 18 heavy (non-hydrogen) atoms. The summed E-state index contributed by atoms with van der Waals surface area (Å²) >= 11 is 6.08. The summed E-state index contributed by atoms with van der Waals surface area (Å²) in [7, 11) is 0. The first kappa shape index (κ1) is 14.8. The molecule has 0 radical (unpaired) electrons. The molecule has 0 heterocycles. The number of hydrogen-bond acceptors (Lipinski definition) is 2. The van der Waals surface area contributed by atoms with E-state index >= 15 is 0 Å². The van der Waals surface area contributed by atoms with Crippen LogP contribution in [0.5, 0.6) is 0 Å². The second-order valence-corrected chi connectivity index (χ2v) is 6.00. The first-order valence-electron chi connectivity index (χ1n) is 6.04. The smallest absolute Gasteiger partial charge is 0.242 e. The largest absolute Gasteiger partial charge is 0.373 e. The van der Waals surface area contributed by atoms with E-state index in [2.05, 4.69) is 10.6 Å². The highest BCUT2D eigenvalue weighted by Gasteiger charge is 2.19. The van der Waals surface area contributed by atoms with Crippen molar-refractivity contribution >= 4 is 23.2 Å². The summed E-state index contributed by atoms with van der Waals surface area (Å²) in [5.41, 5.74) is 1.65. The number of amides is 1. The molecule has 3 nitrogen and oxygen atoms in total. The lowest BCUT2D eigenvalue weighted by molar-refractivity contribution is -0.122. The van der Waals surface area contributed by atoms with Crippen molar-refractivity contribution in [1.29, 1.82) is 0 Å². The van der Waals surface area contributed by atoms with Crippen LogP contribution in [0.25, 0.3) is 0 Å². The van der Waals surface area contributed by atoms with E-state index in [4.69, 9.17) is 11.6 Å². The van der Waals surface area contributed by atoms with Crippen LogP contribution in [0, 0.1) is 6.92 Å². The number of rotatable bonds is 3. The molecule has 1 amide bonds. The van der Waals surface area contributed by atoms with Gasteiger partial charge in [-0.25, -0.2) is 0 Å². The molecule has 0 fully saturated rings. The van der Waals surface area contributed by atoms with Crippen molar-refractivity contribution in [2.75, 3.05) is 5.32 Å². The Morgan fingerprint density at radius 3 is 2.50 bits per heavy atom. The molecule has 0 saturated heterocycles. The van der Waals surface area contributed by atoms with Gasteiger partial charge in [-0.3, -0.25) is 4.79 Å². The Bertz CT molecular complexity index is 438. The Balaban J connectivity index is 2.72. The second-order valence-electron chi connectivity index (χ2n) is 5.59. The lowest BCUT2D eigenvalue weighted by atomic mass is 10.1. The summed E-state index contributed by atoms with van der Waals surface area (Å²) < 4.78 is 0. The predicted molar refractivity (Wildman–Crippen MR) is 77.2 cm³/mol. The molecule has 1 unspecified atom stereocenters. The molecule has 1 atom stereocenters. The number of anilines is 1. The van der Waals surface area contributed by atoms with Gasteiger partial charge >= 0.3 is 0 Å². The van der Waals surface area contributed by atoms with E-state index in [1.165, 1.54) is 0 Å². The van der Waals surface area contributed by atoms with Crippen molar-refractivity contribution in [2.45, 2.75) is 46.2 Å². The standard InChI is InChI=1S/C14H21ClN2O/c1-9-6-7-11(15)12(8-9)16-10(2)13(18)17-14(3,4)5/h6-8,10,16H,1-5H3,(H,17,18). The fraction of sp³-hybridized carbons (Fsp3) is 0.500. The van der Waals surface area contributed by atoms with Crippen LogP contribution in [0.2, 0.25) is 5.02 Å². The van der Waals surface area contributed by atoms with Crippen molar-refractivity contribution in [1.82, 2.24) is 5.32 Å². The highest BCUT2D eigenvalue weighted by molar-refractivity contribution is 6.33. The minimum atomic E-state index is -0.330. The minimum absolute atomic E-state index is 0.0416. The van der Waals surface area contributed by atoms with Crippen LogP contribution in [-0.2, 0) is 4.79 Å². The monoisotopic (exact) mass is 268 g/mol. The molecule has 1 aromatic carbocycles. The van der Waals surface area contributed by atoms with E-state index < -0.39 is 0 Å².